The SMILES string of the molecule is Cn1cc([C@H](CC(=O)N2CCOC2=O)C(F)(F)F)c2cc(F)ccc21. The summed E-state index contributed by atoms with van der Waals surface area (Å²) in [6, 6.07) is 3.54. The van der Waals surface area contributed by atoms with E-state index in [0.29, 0.717) is 10.4 Å². The van der Waals surface area contributed by atoms with E-state index in [1.54, 1.807) is 0 Å². The average Bonchev–Trinajstić information content (AvgIpc) is 3.07. The van der Waals surface area contributed by atoms with Crippen LogP contribution in [0, 0.1) is 5.82 Å². The first-order valence-corrected chi connectivity index (χ1v) is 7.47. The highest BCUT2D eigenvalue weighted by Gasteiger charge is 2.45. The number of alkyl halides is 3. The van der Waals surface area contributed by atoms with Crippen molar-refractivity contribution in [2.24, 2.45) is 7.05 Å². The van der Waals surface area contributed by atoms with Gasteiger partial charge in [-0.05, 0) is 23.8 Å². The Morgan fingerprint density at radius 3 is 2.68 bits per heavy atom. The number of aryl methyl sites for hydroxylation is 1. The molecule has 25 heavy (non-hydrogen) atoms. The van der Waals surface area contributed by atoms with Gasteiger partial charge in [-0.3, -0.25) is 4.79 Å². The van der Waals surface area contributed by atoms with Crippen LogP contribution in [0.5, 0.6) is 0 Å². The number of rotatable bonds is 3. The van der Waals surface area contributed by atoms with E-state index in [-0.39, 0.29) is 24.1 Å². The summed E-state index contributed by atoms with van der Waals surface area (Å²) in [6.45, 7) is -0.118. The predicted octanol–water partition coefficient (Wildman–Crippen LogP) is 3.33. The van der Waals surface area contributed by atoms with Gasteiger partial charge in [-0.15, -0.1) is 0 Å². The zero-order valence-electron chi connectivity index (χ0n) is 13.1. The number of halogens is 4. The van der Waals surface area contributed by atoms with Gasteiger partial charge >= 0.3 is 12.3 Å². The zero-order valence-corrected chi connectivity index (χ0v) is 13.1. The van der Waals surface area contributed by atoms with Crippen molar-refractivity contribution in [3.63, 3.8) is 0 Å². The van der Waals surface area contributed by atoms with E-state index in [9.17, 15) is 27.2 Å². The fourth-order valence-corrected chi connectivity index (χ4v) is 2.98. The van der Waals surface area contributed by atoms with Crippen molar-refractivity contribution in [2.45, 2.75) is 18.5 Å². The molecule has 1 aliphatic heterocycles. The molecule has 2 aromatic rings. The van der Waals surface area contributed by atoms with Gasteiger partial charge in [0.15, 0.2) is 0 Å². The Labute approximate surface area is 139 Å². The van der Waals surface area contributed by atoms with Crippen LogP contribution in [-0.4, -0.2) is 40.8 Å². The third kappa shape index (κ3) is 3.18. The molecule has 1 aliphatic rings. The molecule has 1 atom stereocenters. The molecule has 0 saturated carbocycles. The molecule has 1 aromatic carbocycles. The van der Waals surface area contributed by atoms with Crippen LogP contribution in [0.2, 0.25) is 0 Å². The molecular formula is C16H14F4N2O3. The maximum atomic E-state index is 13.6. The second-order valence-electron chi connectivity index (χ2n) is 5.81. The molecule has 1 fully saturated rings. The van der Waals surface area contributed by atoms with Crippen molar-refractivity contribution < 1.29 is 31.9 Å². The molecule has 0 aliphatic carbocycles. The number of carbonyl (C=O) groups is 2. The first-order valence-electron chi connectivity index (χ1n) is 7.47. The lowest BCUT2D eigenvalue weighted by Gasteiger charge is -2.21. The number of fused-ring (bicyclic) bond motifs is 1. The van der Waals surface area contributed by atoms with E-state index in [0.717, 1.165) is 12.1 Å². The molecule has 2 amide bonds. The molecule has 1 aromatic heterocycles. The lowest BCUT2D eigenvalue weighted by Crippen LogP contribution is -2.35. The third-order valence-electron chi connectivity index (χ3n) is 4.19. The lowest BCUT2D eigenvalue weighted by molar-refractivity contribution is -0.159. The van der Waals surface area contributed by atoms with Crippen molar-refractivity contribution >= 4 is 22.9 Å². The number of carbonyl (C=O) groups excluding carboxylic acids is 2. The minimum atomic E-state index is -4.74. The molecule has 0 bridgehead atoms. The van der Waals surface area contributed by atoms with E-state index >= 15 is 0 Å². The van der Waals surface area contributed by atoms with E-state index in [1.807, 2.05) is 0 Å². The molecule has 1 saturated heterocycles. The van der Waals surface area contributed by atoms with Crippen LogP contribution in [0.25, 0.3) is 10.9 Å². The quantitative estimate of drug-likeness (QED) is 0.791. The molecule has 2 heterocycles. The Morgan fingerprint density at radius 2 is 2.08 bits per heavy atom. The first kappa shape index (κ1) is 17.2. The maximum absolute atomic E-state index is 13.6. The highest BCUT2D eigenvalue weighted by atomic mass is 19.4. The Morgan fingerprint density at radius 1 is 1.36 bits per heavy atom. The number of nitrogens with zero attached hydrogens (tertiary/aromatic N) is 2. The fraction of sp³-hybridized carbons (Fsp3) is 0.375. The van der Waals surface area contributed by atoms with Crippen LogP contribution in [0.1, 0.15) is 17.9 Å². The second-order valence-corrected chi connectivity index (χ2v) is 5.81. The molecule has 5 nitrogen and oxygen atoms in total. The summed E-state index contributed by atoms with van der Waals surface area (Å²) >= 11 is 0. The van der Waals surface area contributed by atoms with Gasteiger partial charge in [0, 0.05) is 30.6 Å². The van der Waals surface area contributed by atoms with Crippen molar-refractivity contribution in [3.05, 3.63) is 35.8 Å². The Kier molecular flexibility index (Phi) is 4.18. The van der Waals surface area contributed by atoms with Crippen molar-refractivity contribution in [2.75, 3.05) is 13.2 Å². The van der Waals surface area contributed by atoms with E-state index in [4.69, 9.17) is 0 Å². The number of ether oxygens (including phenoxy) is 1. The maximum Gasteiger partial charge on any atom is 0.416 e. The fourth-order valence-electron chi connectivity index (χ4n) is 2.98. The Bertz CT molecular complexity index is 844. The van der Waals surface area contributed by atoms with Gasteiger partial charge in [0.1, 0.15) is 12.4 Å². The largest absolute Gasteiger partial charge is 0.447 e. The summed E-state index contributed by atoms with van der Waals surface area (Å²) in [4.78, 5) is 24.2. The Balaban J connectivity index is 2.01. The van der Waals surface area contributed by atoms with Gasteiger partial charge < -0.3 is 9.30 Å². The third-order valence-corrected chi connectivity index (χ3v) is 4.19. The van der Waals surface area contributed by atoms with Gasteiger partial charge in [0.2, 0.25) is 5.91 Å². The van der Waals surface area contributed by atoms with Crippen LogP contribution in [-0.2, 0) is 16.6 Å². The summed E-state index contributed by atoms with van der Waals surface area (Å²) < 4.78 is 60.3. The molecule has 9 heteroatoms. The summed E-state index contributed by atoms with van der Waals surface area (Å²) in [5.41, 5.74) is 0.212. The molecule has 0 unspecified atom stereocenters. The molecular weight excluding hydrogens is 344 g/mol. The highest BCUT2D eigenvalue weighted by molar-refractivity contribution is 5.94. The average molecular weight is 358 g/mol. The predicted molar refractivity (Wildman–Crippen MR) is 79.4 cm³/mol. The number of imide groups is 1. The standard InChI is InChI=1S/C16H14F4N2O3/c1-21-8-11(10-6-9(17)2-3-13(10)21)12(16(18,19)20)7-14(23)22-4-5-25-15(22)24/h2-3,6,8,12H,4-5,7H2,1H3/t12-/m0/s1. The molecule has 0 radical (unpaired) electrons. The van der Waals surface area contributed by atoms with Gasteiger partial charge in [0.05, 0.1) is 12.5 Å². The number of benzene rings is 1. The normalized spacial score (nSPS) is 16.4. The summed E-state index contributed by atoms with van der Waals surface area (Å²) in [5.74, 6) is -3.80. The monoisotopic (exact) mass is 358 g/mol. The number of hydrogen-bond donors (Lipinski definition) is 0. The smallest absolute Gasteiger partial charge is 0.416 e. The zero-order chi connectivity index (χ0) is 18.4. The lowest BCUT2D eigenvalue weighted by atomic mass is 9.94. The molecule has 0 N–H and O–H groups in total. The van der Waals surface area contributed by atoms with Gasteiger partial charge in [-0.1, -0.05) is 0 Å². The number of amides is 2. The van der Waals surface area contributed by atoms with E-state index in [2.05, 4.69) is 4.74 Å². The summed E-state index contributed by atoms with van der Waals surface area (Å²) in [7, 11) is 1.54. The number of hydrogen-bond acceptors (Lipinski definition) is 3. The molecule has 0 spiro atoms. The van der Waals surface area contributed by atoms with Crippen molar-refractivity contribution in [1.29, 1.82) is 0 Å². The summed E-state index contributed by atoms with van der Waals surface area (Å²) in [5, 5.41) is 0.0848. The van der Waals surface area contributed by atoms with Gasteiger partial charge in [-0.2, -0.15) is 13.2 Å². The molecule has 3 rings (SSSR count). The van der Waals surface area contributed by atoms with Gasteiger partial charge in [0.25, 0.3) is 0 Å². The van der Waals surface area contributed by atoms with Crippen molar-refractivity contribution in [1.82, 2.24) is 9.47 Å². The minimum absolute atomic E-state index is 0.0409. The van der Waals surface area contributed by atoms with E-state index in [1.165, 1.54) is 23.9 Å². The first-order chi connectivity index (χ1) is 11.7. The Hall–Kier alpha value is -2.58. The number of aromatic nitrogens is 1. The van der Waals surface area contributed by atoms with E-state index < -0.39 is 36.3 Å². The van der Waals surface area contributed by atoms with Crippen LogP contribution >= 0.6 is 0 Å². The highest BCUT2D eigenvalue weighted by Crippen LogP contribution is 2.41. The number of cyclic esters (lactones) is 1. The van der Waals surface area contributed by atoms with Crippen LogP contribution in [0.15, 0.2) is 24.4 Å². The van der Waals surface area contributed by atoms with Crippen LogP contribution in [0.3, 0.4) is 0 Å². The second kappa shape index (κ2) is 6.05. The topological polar surface area (TPSA) is 51.5 Å². The molecule has 134 valence electrons. The van der Waals surface area contributed by atoms with Crippen molar-refractivity contribution in [3.8, 4) is 0 Å². The minimum Gasteiger partial charge on any atom is -0.447 e. The summed E-state index contributed by atoms with van der Waals surface area (Å²) in [6.07, 6.45) is -5.40. The van der Waals surface area contributed by atoms with Gasteiger partial charge in [-0.25, -0.2) is 14.1 Å². The van der Waals surface area contributed by atoms with Crippen LogP contribution < -0.4 is 0 Å². The van der Waals surface area contributed by atoms with Crippen LogP contribution in [0.4, 0.5) is 22.4 Å².